The van der Waals surface area contributed by atoms with Gasteiger partial charge in [0.05, 0.1) is 10.5 Å². The summed E-state index contributed by atoms with van der Waals surface area (Å²) in [5.41, 5.74) is 4.22. The van der Waals surface area contributed by atoms with Gasteiger partial charge in [-0.3, -0.25) is 10.1 Å². The SMILES string of the molecule is CCCCCC(C)(C)c1ccc(-c2ccc(C(C)(C)CCCCC)cc2[N+](=O)[O-])cc1. The lowest BCUT2D eigenvalue weighted by Crippen LogP contribution is -2.17. The lowest BCUT2D eigenvalue weighted by molar-refractivity contribution is -0.384. The van der Waals surface area contributed by atoms with E-state index in [1.165, 1.54) is 37.7 Å². The minimum Gasteiger partial charge on any atom is -0.258 e. The topological polar surface area (TPSA) is 43.1 Å². The summed E-state index contributed by atoms with van der Waals surface area (Å²) in [5, 5.41) is 11.9. The molecule has 2 aromatic carbocycles. The van der Waals surface area contributed by atoms with Gasteiger partial charge in [-0.1, -0.05) is 110 Å². The Balaban J connectivity index is 2.30. The van der Waals surface area contributed by atoms with Crippen molar-refractivity contribution >= 4 is 5.69 Å². The first kappa shape index (κ1) is 25.1. The molecule has 0 fully saturated rings. The standard InChI is InChI=1S/C28H41NO2/c1-7-9-11-19-27(3,4)23-15-13-22(14-16-23)25-18-17-24(21-26(25)29(30)31)28(5,6)20-12-10-8-2/h13-18,21H,7-12,19-20H2,1-6H3. The Morgan fingerprint density at radius 2 is 1.23 bits per heavy atom. The molecule has 0 aliphatic rings. The summed E-state index contributed by atoms with van der Waals surface area (Å²) in [5.74, 6) is 0. The minimum atomic E-state index is -0.233. The van der Waals surface area contributed by atoms with E-state index < -0.39 is 0 Å². The van der Waals surface area contributed by atoms with Crippen molar-refractivity contribution in [2.24, 2.45) is 0 Å². The van der Waals surface area contributed by atoms with Gasteiger partial charge in [-0.2, -0.15) is 0 Å². The Labute approximate surface area is 189 Å². The van der Waals surface area contributed by atoms with Crippen LogP contribution in [0.25, 0.3) is 11.1 Å². The molecular formula is C28H41NO2. The van der Waals surface area contributed by atoms with Gasteiger partial charge < -0.3 is 0 Å². The van der Waals surface area contributed by atoms with Crippen LogP contribution in [0.3, 0.4) is 0 Å². The average molecular weight is 424 g/mol. The highest BCUT2D eigenvalue weighted by Crippen LogP contribution is 2.38. The van der Waals surface area contributed by atoms with Crippen molar-refractivity contribution < 1.29 is 4.92 Å². The number of hydrogen-bond donors (Lipinski definition) is 0. The summed E-state index contributed by atoms with van der Waals surface area (Å²) in [4.78, 5) is 11.7. The molecule has 0 saturated heterocycles. The van der Waals surface area contributed by atoms with Gasteiger partial charge in [0.25, 0.3) is 5.69 Å². The third kappa shape index (κ3) is 6.66. The predicted octanol–water partition coefficient (Wildman–Crippen LogP) is 8.98. The third-order valence-electron chi connectivity index (χ3n) is 6.76. The van der Waals surface area contributed by atoms with E-state index in [2.05, 4.69) is 59.7 Å². The Morgan fingerprint density at radius 3 is 1.71 bits per heavy atom. The van der Waals surface area contributed by atoms with Crippen molar-refractivity contribution in [3.63, 3.8) is 0 Å². The molecule has 0 aliphatic carbocycles. The molecule has 0 bridgehead atoms. The highest BCUT2D eigenvalue weighted by Gasteiger charge is 2.25. The maximum absolute atomic E-state index is 11.9. The molecule has 3 nitrogen and oxygen atoms in total. The van der Waals surface area contributed by atoms with E-state index in [1.54, 1.807) is 6.07 Å². The molecule has 0 aromatic heterocycles. The predicted molar refractivity (Wildman–Crippen MR) is 133 cm³/mol. The number of hydrogen-bond acceptors (Lipinski definition) is 2. The minimum absolute atomic E-state index is 0.0647. The molecular weight excluding hydrogens is 382 g/mol. The van der Waals surface area contributed by atoms with Crippen molar-refractivity contribution in [2.45, 2.75) is 104 Å². The third-order valence-corrected chi connectivity index (χ3v) is 6.76. The second kappa shape index (κ2) is 10.9. The van der Waals surface area contributed by atoms with Crippen LogP contribution in [0.2, 0.25) is 0 Å². The van der Waals surface area contributed by atoms with E-state index in [1.807, 2.05) is 18.2 Å². The van der Waals surface area contributed by atoms with E-state index >= 15 is 0 Å². The summed E-state index contributed by atoms with van der Waals surface area (Å²) in [6.07, 6.45) is 9.44. The maximum Gasteiger partial charge on any atom is 0.277 e. The summed E-state index contributed by atoms with van der Waals surface area (Å²) < 4.78 is 0. The lowest BCUT2D eigenvalue weighted by Gasteiger charge is -2.26. The van der Waals surface area contributed by atoms with Crippen LogP contribution >= 0.6 is 0 Å². The molecule has 31 heavy (non-hydrogen) atoms. The van der Waals surface area contributed by atoms with E-state index in [4.69, 9.17) is 0 Å². The molecule has 0 spiro atoms. The number of nitro benzene ring substituents is 1. The van der Waals surface area contributed by atoms with Gasteiger partial charge in [0.1, 0.15) is 0 Å². The van der Waals surface area contributed by atoms with Crippen LogP contribution in [0, 0.1) is 10.1 Å². The van der Waals surface area contributed by atoms with Gasteiger partial charge >= 0.3 is 0 Å². The van der Waals surface area contributed by atoms with Crippen LogP contribution in [-0.4, -0.2) is 4.92 Å². The fourth-order valence-electron chi connectivity index (χ4n) is 4.37. The number of benzene rings is 2. The van der Waals surface area contributed by atoms with Crippen LogP contribution in [-0.2, 0) is 10.8 Å². The van der Waals surface area contributed by atoms with E-state index in [0.717, 1.165) is 30.4 Å². The van der Waals surface area contributed by atoms with Gasteiger partial charge in [-0.25, -0.2) is 0 Å². The number of nitro groups is 1. The smallest absolute Gasteiger partial charge is 0.258 e. The molecule has 0 radical (unpaired) electrons. The molecule has 0 N–H and O–H groups in total. The van der Waals surface area contributed by atoms with Gasteiger partial charge in [0.15, 0.2) is 0 Å². The number of unbranched alkanes of at least 4 members (excludes halogenated alkanes) is 4. The second-order valence-electron chi connectivity index (χ2n) is 10.2. The first-order valence-corrected chi connectivity index (χ1v) is 12.0. The average Bonchev–Trinajstić information content (AvgIpc) is 2.73. The quantitative estimate of drug-likeness (QED) is 0.194. The van der Waals surface area contributed by atoms with Gasteiger partial charge in [0, 0.05) is 6.07 Å². The maximum atomic E-state index is 11.9. The fraction of sp³-hybridized carbons (Fsp3) is 0.571. The van der Waals surface area contributed by atoms with Gasteiger partial charge in [-0.05, 0) is 46.4 Å². The second-order valence-corrected chi connectivity index (χ2v) is 10.2. The van der Waals surface area contributed by atoms with Crippen molar-refractivity contribution in [1.82, 2.24) is 0 Å². The van der Waals surface area contributed by atoms with Crippen molar-refractivity contribution in [1.29, 1.82) is 0 Å². The zero-order valence-corrected chi connectivity index (χ0v) is 20.5. The Kier molecular flexibility index (Phi) is 8.85. The molecule has 170 valence electrons. The van der Waals surface area contributed by atoms with Gasteiger partial charge in [0.2, 0.25) is 0 Å². The van der Waals surface area contributed by atoms with Gasteiger partial charge in [-0.15, -0.1) is 0 Å². The van der Waals surface area contributed by atoms with Crippen molar-refractivity contribution in [2.75, 3.05) is 0 Å². The number of rotatable bonds is 12. The fourth-order valence-corrected chi connectivity index (χ4v) is 4.37. The largest absolute Gasteiger partial charge is 0.277 e. The zero-order valence-electron chi connectivity index (χ0n) is 20.5. The van der Waals surface area contributed by atoms with Crippen LogP contribution in [0.4, 0.5) is 5.69 Å². The molecule has 0 aliphatic heterocycles. The van der Waals surface area contributed by atoms with Crippen LogP contribution in [0.1, 0.15) is 104 Å². The van der Waals surface area contributed by atoms with E-state index in [0.29, 0.717) is 5.56 Å². The molecule has 2 aromatic rings. The molecule has 0 saturated carbocycles. The molecule has 0 unspecified atom stereocenters. The zero-order chi connectivity index (χ0) is 23.1. The van der Waals surface area contributed by atoms with E-state index in [9.17, 15) is 10.1 Å². The molecule has 3 heteroatoms. The van der Waals surface area contributed by atoms with Crippen LogP contribution in [0.5, 0.6) is 0 Å². The molecule has 0 heterocycles. The highest BCUT2D eigenvalue weighted by molar-refractivity contribution is 5.74. The summed E-state index contributed by atoms with van der Waals surface area (Å²) in [6, 6.07) is 14.2. The number of nitrogens with zero attached hydrogens (tertiary/aromatic N) is 1. The Hall–Kier alpha value is -2.16. The Bertz CT molecular complexity index is 850. The molecule has 2 rings (SSSR count). The van der Waals surface area contributed by atoms with Crippen molar-refractivity contribution in [3.8, 4) is 11.1 Å². The lowest BCUT2D eigenvalue weighted by atomic mass is 9.78. The molecule has 0 amide bonds. The highest BCUT2D eigenvalue weighted by atomic mass is 16.6. The van der Waals surface area contributed by atoms with Crippen molar-refractivity contribution in [3.05, 3.63) is 63.7 Å². The summed E-state index contributed by atoms with van der Waals surface area (Å²) in [6.45, 7) is 13.4. The normalized spacial score (nSPS) is 12.2. The summed E-state index contributed by atoms with van der Waals surface area (Å²) >= 11 is 0. The monoisotopic (exact) mass is 423 g/mol. The van der Waals surface area contributed by atoms with Crippen LogP contribution in [0.15, 0.2) is 42.5 Å². The summed E-state index contributed by atoms with van der Waals surface area (Å²) in [7, 11) is 0. The Morgan fingerprint density at radius 1 is 0.742 bits per heavy atom. The first-order valence-electron chi connectivity index (χ1n) is 12.0. The molecule has 0 atom stereocenters. The van der Waals surface area contributed by atoms with Crippen LogP contribution < -0.4 is 0 Å². The van der Waals surface area contributed by atoms with E-state index in [-0.39, 0.29) is 21.4 Å². The first-order chi connectivity index (χ1) is 14.6.